The number of allylic oxidation sites excluding steroid dienone is 1. The van der Waals surface area contributed by atoms with E-state index in [4.69, 9.17) is 13.6 Å². The molecule has 0 radical (unpaired) electrons. The van der Waals surface area contributed by atoms with Crippen molar-refractivity contribution in [2.75, 3.05) is 13.2 Å². The summed E-state index contributed by atoms with van der Waals surface area (Å²) in [5, 5.41) is 0. The lowest BCUT2D eigenvalue weighted by atomic mass is 10.4. The fraction of sp³-hybridized carbons (Fsp3) is 0.867. The average molecular weight is 319 g/mol. The third-order valence-corrected chi connectivity index (χ3v) is 8.95. The standard InChI is InChI=1S/C15H34O3Si2/c1-9-20(10-2,11-3)17-13-12-16-15(14(4)5)18-19(6,7)8/h9-13H2,1-8H3. The Kier molecular flexibility index (Phi) is 8.78. The predicted octanol–water partition coefficient (Wildman–Crippen LogP) is 5.13. The second kappa shape index (κ2) is 8.90. The summed E-state index contributed by atoms with van der Waals surface area (Å²) in [6.45, 7) is 18.5. The van der Waals surface area contributed by atoms with Gasteiger partial charge in [0.2, 0.25) is 8.32 Å². The van der Waals surface area contributed by atoms with Gasteiger partial charge in [-0.05, 0) is 51.6 Å². The molecule has 20 heavy (non-hydrogen) atoms. The highest BCUT2D eigenvalue weighted by atomic mass is 28.4. The summed E-state index contributed by atoms with van der Waals surface area (Å²) in [5.74, 6) is 0.699. The zero-order valence-electron chi connectivity index (χ0n) is 14.8. The van der Waals surface area contributed by atoms with Crippen molar-refractivity contribution >= 4 is 16.6 Å². The topological polar surface area (TPSA) is 27.7 Å². The lowest BCUT2D eigenvalue weighted by Gasteiger charge is -2.28. The van der Waals surface area contributed by atoms with E-state index in [1.807, 2.05) is 13.8 Å². The number of hydrogen-bond acceptors (Lipinski definition) is 3. The SMILES string of the molecule is CC[Si](CC)(CC)OCCOC(O[Si](C)(C)C)=C(C)C. The molecule has 0 saturated heterocycles. The molecule has 0 bridgehead atoms. The van der Waals surface area contributed by atoms with Gasteiger partial charge in [-0.2, -0.15) is 0 Å². The van der Waals surface area contributed by atoms with Crippen LogP contribution in [0.3, 0.4) is 0 Å². The Morgan fingerprint density at radius 3 is 1.70 bits per heavy atom. The summed E-state index contributed by atoms with van der Waals surface area (Å²) in [6.07, 6.45) is 0. The summed E-state index contributed by atoms with van der Waals surface area (Å²) in [4.78, 5) is 0. The van der Waals surface area contributed by atoms with Crippen molar-refractivity contribution in [1.82, 2.24) is 0 Å². The summed E-state index contributed by atoms with van der Waals surface area (Å²) in [7, 11) is -3.11. The molecular formula is C15H34O3Si2. The van der Waals surface area contributed by atoms with E-state index < -0.39 is 16.6 Å². The van der Waals surface area contributed by atoms with Crippen molar-refractivity contribution in [1.29, 1.82) is 0 Å². The molecule has 5 heteroatoms. The van der Waals surface area contributed by atoms with Crippen LogP contribution in [0.1, 0.15) is 34.6 Å². The van der Waals surface area contributed by atoms with Gasteiger partial charge in [0, 0.05) is 5.57 Å². The Hall–Kier alpha value is -0.266. The molecular weight excluding hydrogens is 284 g/mol. The van der Waals surface area contributed by atoms with E-state index in [2.05, 4.69) is 40.4 Å². The highest BCUT2D eigenvalue weighted by Crippen LogP contribution is 2.21. The molecule has 0 atom stereocenters. The molecule has 0 amide bonds. The van der Waals surface area contributed by atoms with E-state index in [0.29, 0.717) is 19.2 Å². The van der Waals surface area contributed by atoms with E-state index in [9.17, 15) is 0 Å². The summed E-state index contributed by atoms with van der Waals surface area (Å²) >= 11 is 0. The zero-order valence-corrected chi connectivity index (χ0v) is 16.8. The molecule has 0 heterocycles. The zero-order chi connectivity index (χ0) is 15.8. The van der Waals surface area contributed by atoms with Crippen molar-refractivity contribution in [2.24, 2.45) is 0 Å². The first-order valence-corrected chi connectivity index (χ1v) is 13.8. The summed E-state index contributed by atoms with van der Waals surface area (Å²) in [6, 6.07) is 3.54. The molecule has 0 N–H and O–H groups in total. The first-order chi connectivity index (χ1) is 9.19. The Morgan fingerprint density at radius 1 is 0.850 bits per heavy atom. The third kappa shape index (κ3) is 7.50. The van der Waals surface area contributed by atoms with Crippen molar-refractivity contribution in [3.05, 3.63) is 11.5 Å². The van der Waals surface area contributed by atoms with Crippen LogP contribution in [-0.4, -0.2) is 29.8 Å². The van der Waals surface area contributed by atoms with Gasteiger partial charge in [-0.25, -0.2) is 0 Å². The number of hydrogen-bond donors (Lipinski definition) is 0. The lowest BCUT2D eigenvalue weighted by molar-refractivity contribution is 0.0736. The molecule has 0 spiro atoms. The molecule has 0 aliphatic carbocycles. The van der Waals surface area contributed by atoms with Gasteiger partial charge in [0.25, 0.3) is 5.95 Å². The molecule has 3 nitrogen and oxygen atoms in total. The van der Waals surface area contributed by atoms with Gasteiger partial charge in [-0.3, -0.25) is 0 Å². The van der Waals surface area contributed by atoms with Gasteiger partial charge >= 0.3 is 0 Å². The van der Waals surface area contributed by atoms with E-state index in [0.717, 1.165) is 5.57 Å². The molecule has 0 unspecified atom stereocenters. The molecule has 0 fully saturated rings. The average Bonchev–Trinajstić information content (AvgIpc) is 2.37. The Bertz CT molecular complexity index is 292. The van der Waals surface area contributed by atoms with Gasteiger partial charge < -0.3 is 13.6 Å². The van der Waals surface area contributed by atoms with Crippen LogP contribution in [-0.2, 0) is 13.6 Å². The molecule has 0 rings (SSSR count). The monoisotopic (exact) mass is 318 g/mol. The lowest BCUT2D eigenvalue weighted by Crippen LogP contribution is -2.37. The summed E-state index contributed by atoms with van der Waals surface area (Å²) < 4.78 is 17.9. The van der Waals surface area contributed by atoms with Crippen molar-refractivity contribution in [3.8, 4) is 0 Å². The van der Waals surface area contributed by atoms with Gasteiger partial charge in [-0.15, -0.1) is 0 Å². The minimum Gasteiger partial charge on any atom is -0.520 e. The minimum atomic E-state index is -1.62. The van der Waals surface area contributed by atoms with Crippen LogP contribution in [0, 0.1) is 0 Å². The van der Waals surface area contributed by atoms with Crippen LogP contribution >= 0.6 is 0 Å². The van der Waals surface area contributed by atoms with Crippen LogP contribution in [0.25, 0.3) is 0 Å². The predicted molar refractivity (Wildman–Crippen MR) is 91.9 cm³/mol. The maximum atomic E-state index is 6.18. The molecule has 0 aliphatic rings. The van der Waals surface area contributed by atoms with Crippen LogP contribution < -0.4 is 0 Å². The Labute approximate surface area is 128 Å². The van der Waals surface area contributed by atoms with E-state index in [1.54, 1.807) is 0 Å². The summed E-state index contributed by atoms with van der Waals surface area (Å²) in [5.41, 5.74) is 1.09. The first-order valence-electron chi connectivity index (χ1n) is 7.83. The van der Waals surface area contributed by atoms with Gasteiger partial charge in [-0.1, -0.05) is 20.8 Å². The van der Waals surface area contributed by atoms with Crippen LogP contribution in [0.15, 0.2) is 11.5 Å². The second-order valence-corrected chi connectivity index (χ2v) is 15.6. The molecule has 0 aliphatic heterocycles. The molecule has 120 valence electrons. The largest absolute Gasteiger partial charge is 0.520 e. The van der Waals surface area contributed by atoms with Crippen molar-refractivity contribution in [2.45, 2.75) is 72.4 Å². The molecule has 0 aromatic carbocycles. The van der Waals surface area contributed by atoms with Gasteiger partial charge in [0.1, 0.15) is 6.61 Å². The van der Waals surface area contributed by atoms with Crippen LogP contribution in [0.5, 0.6) is 0 Å². The Balaban J connectivity index is 4.31. The number of rotatable bonds is 10. The normalized spacial score (nSPS) is 12.2. The fourth-order valence-corrected chi connectivity index (χ4v) is 5.45. The highest BCUT2D eigenvalue weighted by Gasteiger charge is 2.28. The van der Waals surface area contributed by atoms with Crippen molar-refractivity contribution in [3.63, 3.8) is 0 Å². The van der Waals surface area contributed by atoms with Crippen molar-refractivity contribution < 1.29 is 13.6 Å². The van der Waals surface area contributed by atoms with Gasteiger partial charge in [0.05, 0.1) is 6.61 Å². The van der Waals surface area contributed by atoms with Gasteiger partial charge in [0.15, 0.2) is 8.32 Å². The molecule has 0 saturated carbocycles. The van der Waals surface area contributed by atoms with Crippen LogP contribution in [0.4, 0.5) is 0 Å². The van der Waals surface area contributed by atoms with E-state index >= 15 is 0 Å². The van der Waals surface area contributed by atoms with Crippen LogP contribution in [0.2, 0.25) is 37.8 Å². The smallest absolute Gasteiger partial charge is 0.263 e. The van der Waals surface area contributed by atoms with E-state index in [1.165, 1.54) is 18.1 Å². The second-order valence-electron chi connectivity index (χ2n) is 6.44. The van der Waals surface area contributed by atoms with E-state index in [-0.39, 0.29) is 0 Å². The quantitative estimate of drug-likeness (QED) is 0.317. The first kappa shape index (κ1) is 19.7. The molecule has 0 aromatic rings. The fourth-order valence-electron chi connectivity index (χ4n) is 2.00. The minimum absolute atomic E-state index is 0.583. The highest BCUT2D eigenvalue weighted by molar-refractivity contribution is 6.73. The molecule has 0 aromatic heterocycles. The Morgan fingerprint density at radius 2 is 1.35 bits per heavy atom. The third-order valence-electron chi connectivity index (χ3n) is 3.46. The number of ether oxygens (including phenoxy) is 1. The maximum Gasteiger partial charge on any atom is 0.263 e. The maximum absolute atomic E-state index is 6.18.